The third-order valence-corrected chi connectivity index (χ3v) is 5.59. The van der Waals surface area contributed by atoms with Crippen LogP contribution in [0.1, 0.15) is 46.6 Å². The summed E-state index contributed by atoms with van der Waals surface area (Å²) < 4.78 is 10.8. The topological polar surface area (TPSA) is 91.8 Å². The Bertz CT molecular complexity index is 1080. The zero-order valence-corrected chi connectivity index (χ0v) is 16.8. The molecule has 1 atom stereocenters. The standard InChI is InChI=1S/C23H25NO5/c1-23(2)18-9-15(29-12-14(26)10-25)5-7-16(18)21(27)20-17-6-4-13(11-28-3)8-19(17)24-22(20)23/h4-9,14,24-26H,10-12H2,1-3H3/t14-/m1/s1. The van der Waals surface area contributed by atoms with Gasteiger partial charge >= 0.3 is 0 Å². The van der Waals surface area contributed by atoms with E-state index in [1.165, 1.54) is 0 Å². The highest BCUT2D eigenvalue weighted by Crippen LogP contribution is 2.44. The number of nitrogens with one attached hydrogen (secondary N) is 1. The summed E-state index contributed by atoms with van der Waals surface area (Å²) in [6.45, 7) is 4.30. The van der Waals surface area contributed by atoms with Crippen molar-refractivity contribution in [3.8, 4) is 5.75 Å². The fourth-order valence-electron chi connectivity index (χ4n) is 4.05. The minimum atomic E-state index is -0.942. The van der Waals surface area contributed by atoms with Crippen LogP contribution in [0, 0.1) is 0 Å². The lowest BCUT2D eigenvalue weighted by atomic mass is 9.71. The van der Waals surface area contributed by atoms with E-state index in [1.807, 2.05) is 24.3 Å². The summed E-state index contributed by atoms with van der Waals surface area (Å²) in [4.78, 5) is 16.8. The highest BCUT2D eigenvalue weighted by Gasteiger charge is 2.39. The molecule has 1 aliphatic rings. The van der Waals surface area contributed by atoms with Crippen molar-refractivity contribution in [1.29, 1.82) is 0 Å². The Morgan fingerprint density at radius 3 is 2.69 bits per heavy atom. The molecule has 2 aromatic carbocycles. The molecule has 0 radical (unpaired) electrons. The van der Waals surface area contributed by atoms with Crippen molar-refractivity contribution in [2.24, 2.45) is 0 Å². The molecular weight excluding hydrogens is 370 g/mol. The first kappa shape index (κ1) is 19.6. The molecule has 4 rings (SSSR count). The van der Waals surface area contributed by atoms with Gasteiger partial charge in [0.25, 0.3) is 0 Å². The van der Waals surface area contributed by atoms with Crippen LogP contribution in [-0.2, 0) is 16.8 Å². The first-order valence-electron chi connectivity index (χ1n) is 9.61. The van der Waals surface area contributed by atoms with Gasteiger partial charge in [0.1, 0.15) is 18.5 Å². The summed E-state index contributed by atoms with van der Waals surface area (Å²) in [6.07, 6.45) is -0.942. The number of ketones is 1. The van der Waals surface area contributed by atoms with E-state index in [0.717, 1.165) is 27.7 Å². The molecular formula is C23H25NO5. The molecule has 3 aromatic rings. The number of hydrogen-bond acceptors (Lipinski definition) is 5. The second kappa shape index (κ2) is 7.30. The second-order valence-corrected chi connectivity index (χ2v) is 8.00. The SMILES string of the molecule is COCc1ccc2c3c([nH]c2c1)C(C)(C)c1cc(OC[C@H](O)CO)ccc1C3=O. The quantitative estimate of drug-likeness (QED) is 0.597. The maximum atomic E-state index is 13.3. The number of aliphatic hydroxyl groups excluding tert-OH is 2. The third kappa shape index (κ3) is 3.23. The van der Waals surface area contributed by atoms with E-state index in [0.29, 0.717) is 23.5 Å². The summed E-state index contributed by atoms with van der Waals surface area (Å²) in [6, 6.07) is 11.3. The molecule has 1 heterocycles. The Balaban J connectivity index is 1.79. The van der Waals surface area contributed by atoms with Gasteiger partial charge in [0.2, 0.25) is 0 Å². The number of benzene rings is 2. The highest BCUT2D eigenvalue weighted by molar-refractivity contribution is 6.20. The number of aliphatic hydroxyl groups is 2. The van der Waals surface area contributed by atoms with E-state index >= 15 is 0 Å². The summed E-state index contributed by atoms with van der Waals surface area (Å²) in [7, 11) is 1.66. The zero-order chi connectivity index (χ0) is 20.8. The molecule has 1 aromatic heterocycles. The molecule has 0 spiro atoms. The van der Waals surface area contributed by atoms with Crippen molar-refractivity contribution >= 4 is 16.7 Å². The molecule has 0 unspecified atom stereocenters. The zero-order valence-electron chi connectivity index (χ0n) is 16.8. The van der Waals surface area contributed by atoms with Gasteiger partial charge in [0.05, 0.1) is 18.8 Å². The number of hydrogen-bond donors (Lipinski definition) is 3. The predicted octanol–water partition coefficient (Wildman–Crippen LogP) is 2.92. The Labute approximate surface area is 169 Å². The van der Waals surface area contributed by atoms with Gasteiger partial charge in [0, 0.05) is 34.7 Å². The van der Waals surface area contributed by atoms with Gasteiger partial charge in [-0.15, -0.1) is 0 Å². The molecule has 6 heteroatoms. The maximum absolute atomic E-state index is 13.3. The Kier molecular flexibility index (Phi) is 4.94. The smallest absolute Gasteiger partial charge is 0.195 e. The Morgan fingerprint density at radius 1 is 1.17 bits per heavy atom. The molecule has 29 heavy (non-hydrogen) atoms. The summed E-state index contributed by atoms with van der Waals surface area (Å²) in [5.41, 5.74) is 4.64. The Hall–Kier alpha value is -2.67. The van der Waals surface area contributed by atoms with Gasteiger partial charge in [-0.1, -0.05) is 26.0 Å². The van der Waals surface area contributed by atoms with E-state index in [2.05, 4.69) is 18.8 Å². The first-order valence-corrected chi connectivity index (χ1v) is 9.61. The van der Waals surface area contributed by atoms with Crippen LogP contribution in [0.25, 0.3) is 10.9 Å². The van der Waals surface area contributed by atoms with E-state index < -0.39 is 11.5 Å². The largest absolute Gasteiger partial charge is 0.491 e. The van der Waals surface area contributed by atoms with Crippen molar-refractivity contribution in [1.82, 2.24) is 4.98 Å². The number of methoxy groups -OCH3 is 1. The van der Waals surface area contributed by atoms with Crippen LogP contribution < -0.4 is 4.74 Å². The van der Waals surface area contributed by atoms with Gasteiger partial charge in [-0.05, 0) is 35.4 Å². The van der Waals surface area contributed by atoms with Crippen molar-refractivity contribution in [2.75, 3.05) is 20.3 Å². The van der Waals surface area contributed by atoms with Gasteiger partial charge in [-0.3, -0.25) is 4.79 Å². The van der Waals surface area contributed by atoms with Crippen molar-refractivity contribution < 1.29 is 24.5 Å². The minimum Gasteiger partial charge on any atom is -0.491 e. The normalized spacial score (nSPS) is 15.8. The fourth-order valence-corrected chi connectivity index (χ4v) is 4.05. The number of aromatic amines is 1. The van der Waals surface area contributed by atoms with Crippen LogP contribution in [0.5, 0.6) is 5.75 Å². The van der Waals surface area contributed by atoms with Crippen LogP contribution in [0.4, 0.5) is 0 Å². The van der Waals surface area contributed by atoms with Crippen LogP contribution in [0.2, 0.25) is 0 Å². The molecule has 3 N–H and O–H groups in total. The van der Waals surface area contributed by atoms with Crippen molar-refractivity contribution in [2.45, 2.75) is 32.0 Å². The molecule has 0 saturated carbocycles. The number of rotatable bonds is 6. The molecule has 0 aliphatic heterocycles. The van der Waals surface area contributed by atoms with Gasteiger partial charge in [0.15, 0.2) is 5.78 Å². The molecule has 0 amide bonds. The van der Waals surface area contributed by atoms with Gasteiger partial charge in [-0.25, -0.2) is 0 Å². The molecule has 0 bridgehead atoms. The van der Waals surface area contributed by atoms with Gasteiger partial charge in [-0.2, -0.15) is 0 Å². The summed E-state index contributed by atoms with van der Waals surface area (Å²) in [5, 5.41) is 19.4. The van der Waals surface area contributed by atoms with Crippen LogP contribution >= 0.6 is 0 Å². The summed E-state index contributed by atoms with van der Waals surface area (Å²) in [5.74, 6) is 0.543. The van der Waals surface area contributed by atoms with E-state index in [1.54, 1.807) is 19.2 Å². The molecule has 0 fully saturated rings. The van der Waals surface area contributed by atoms with Crippen molar-refractivity contribution in [3.63, 3.8) is 0 Å². The number of ether oxygens (including phenoxy) is 2. The first-order chi connectivity index (χ1) is 13.9. The van der Waals surface area contributed by atoms with Gasteiger partial charge < -0.3 is 24.7 Å². The molecule has 1 aliphatic carbocycles. The highest BCUT2D eigenvalue weighted by atomic mass is 16.5. The van der Waals surface area contributed by atoms with E-state index in [9.17, 15) is 9.90 Å². The average molecular weight is 395 g/mol. The lowest BCUT2D eigenvalue weighted by Crippen LogP contribution is -2.30. The number of aromatic nitrogens is 1. The Morgan fingerprint density at radius 2 is 1.97 bits per heavy atom. The van der Waals surface area contributed by atoms with E-state index in [-0.39, 0.29) is 19.0 Å². The lowest BCUT2D eigenvalue weighted by molar-refractivity contribution is 0.0535. The minimum absolute atomic E-state index is 0.0103. The van der Waals surface area contributed by atoms with Crippen LogP contribution in [0.15, 0.2) is 36.4 Å². The lowest BCUT2D eigenvalue weighted by Gasteiger charge is -2.32. The van der Waals surface area contributed by atoms with E-state index in [4.69, 9.17) is 14.6 Å². The predicted molar refractivity (Wildman–Crippen MR) is 110 cm³/mol. The van der Waals surface area contributed by atoms with Crippen LogP contribution in [-0.4, -0.2) is 47.4 Å². The fraction of sp³-hybridized carbons (Fsp3) is 0.348. The maximum Gasteiger partial charge on any atom is 0.195 e. The van der Waals surface area contributed by atoms with Crippen molar-refractivity contribution in [3.05, 3.63) is 64.3 Å². The third-order valence-electron chi connectivity index (χ3n) is 5.59. The molecule has 152 valence electrons. The second-order valence-electron chi connectivity index (χ2n) is 8.00. The number of carbonyl (C=O) groups is 1. The summed E-state index contributed by atoms with van der Waals surface area (Å²) >= 11 is 0. The molecule has 6 nitrogen and oxygen atoms in total. The number of carbonyl (C=O) groups excluding carboxylic acids is 1. The molecule has 0 saturated heterocycles. The number of fused-ring (bicyclic) bond motifs is 4. The monoisotopic (exact) mass is 395 g/mol. The average Bonchev–Trinajstić information content (AvgIpc) is 3.10. The van der Waals surface area contributed by atoms with Crippen LogP contribution in [0.3, 0.4) is 0 Å². The number of H-pyrrole nitrogens is 1.